The normalized spacial score (nSPS) is 10.4. The molecule has 2 aromatic rings. The second-order valence-corrected chi connectivity index (χ2v) is 4.46. The van der Waals surface area contributed by atoms with E-state index in [0.717, 1.165) is 10.0 Å². The van der Waals surface area contributed by atoms with Gasteiger partial charge in [-0.05, 0) is 24.3 Å². The van der Waals surface area contributed by atoms with E-state index in [1.54, 1.807) is 12.2 Å². The zero-order chi connectivity index (χ0) is 13.0. The molecule has 0 saturated heterocycles. The minimum atomic E-state index is 0.337. The van der Waals surface area contributed by atoms with Crippen molar-refractivity contribution in [2.24, 2.45) is 0 Å². The molecule has 5 heteroatoms. The Labute approximate surface area is 113 Å². The van der Waals surface area contributed by atoms with Crippen LogP contribution in [0.1, 0.15) is 17.1 Å². The molecule has 88 valence electrons. The number of aromatic nitrogens is 2. The predicted octanol–water partition coefficient (Wildman–Crippen LogP) is 3.13. The highest BCUT2D eigenvalue weighted by atomic mass is 79.9. The SMILES string of the molecule is N#Cc1c[nH]c(/C=C\C(=N)c2cccc(Br)c2)n1. The number of nitriles is 1. The van der Waals surface area contributed by atoms with Gasteiger partial charge in [-0.1, -0.05) is 28.1 Å². The highest BCUT2D eigenvalue weighted by Crippen LogP contribution is 2.12. The zero-order valence-corrected chi connectivity index (χ0v) is 10.9. The Morgan fingerprint density at radius 2 is 2.33 bits per heavy atom. The topological polar surface area (TPSA) is 76.3 Å². The Morgan fingerprint density at radius 3 is 3.00 bits per heavy atom. The third-order valence-electron chi connectivity index (χ3n) is 2.26. The fourth-order valence-corrected chi connectivity index (χ4v) is 1.79. The maximum absolute atomic E-state index is 8.63. The number of hydrogen-bond acceptors (Lipinski definition) is 3. The Morgan fingerprint density at radius 1 is 1.50 bits per heavy atom. The van der Waals surface area contributed by atoms with Gasteiger partial charge in [0.15, 0.2) is 5.69 Å². The highest BCUT2D eigenvalue weighted by Gasteiger charge is 1.99. The number of nitrogens with zero attached hydrogens (tertiary/aromatic N) is 2. The van der Waals surface area contributed by atoms with Gasteiger partial charge in [0.25, 0.3) is 0 Å². The maximum atomic E-state index is 8.63. The molecule has 0 radical (unpaired) electrons. The highest BCUT2D eigenvalue weighted by molar-refractivity contribution is 9.10. The van der Waals surface area contributed by atoms with Crippen LogP contribution in [0.2, 0.25) is 0 Å². The van der Waals surface area contributed by atoms with E-state index in [1.165, 1.54) is 6.20 Å². The lowest BCUT2D eigenvalue weighted by molar-refractivity contribution is 1.25. The number of hydrogen-bond donors (Lipinski definition) is 2. The van der Waals surface area contributed by atoms with Gasteiger partial charge in [-0.2, -0.15) is 5.26 Å². The smallest absolute Gasteiger partial charge is 0.158 e. The van der Waals surface area contributed by atoms with E-state index in [4.69, 9.17) is 10.7 Å². The summed E-state index contributed by atoms with van der Waals surface area (Å²) in [4.78, 5) is 6.85. The quantitative estimate of drug-likeness (QED) is 0.854. The lowest BCUT2D eigenvalue weighted by Gasteiger charge is -1.98. The molecule has 0 unspecified atom stereocenters. The van der Waals surface area contributed by atoms with Crippen molar-refractivity contribution in [3.8, 4) is 6.07 Å². The predicted molar refractivity (Wildman–Crippen MR) is 73.3 cm³/mol. The number of aromatic amines is 1. The van der Waals surface area contributed by atoms with Gasteiger partial charge in [0.1, 0.15) is 11.9 Å². The molecule has 0 saturated carbocycles. The number of benzene rings is 1. The molecule has 0 aliphatic rings. The van der Waals surface area contributed by atoms with Gasteiger partial charge in [0, 0.05) is 16.2 Å². The molecule has 2 N–H and O–H groups in total. The third kappa shape index (κ3) is 2.93. The van der Waals surface area contributed by atoms with Crippen LogP contribution in [0.4, 0.5) is 0 Å². The second kappa shape index (κ2) is 5.43. The zero-order valence-electron chi connectivity index (χ0n) is 9.31. The average molecular weight is 301 g/mol. The van der Waals surface area contributed by atoms with Crippen molar-refractivity contribution in [1.29, 1.82) is 10.7 Å². The monoisotopic (exact) mass is 300 g/mol. The number of rotatable bonds is 3. The lowest BCUT2D eigenvalue weighted by atomic mass is 10.1. The Balaban J connectivity index is 2.14. The van der Waals surface area contributed by atoms with Gasteiger partial charge in [-0.15, -0.1) is 0 Å². The van der Waals surface area contributed by atoms with Crippen molar-refractivity contribution in [2.75, 3.05) is 0 Å². The van der Waals surface area contributed by atoms with Crippen LogP contribution in [-0.4, -0.2) is 15.7 Å². The largest absolute Gasteiger partial charge is 0.344 e. The first-order valence-corrected chi connectivity index (χ1v) is 5.96. The summed E-state index contributed by atoms with van der Waals surface area (Å²) in [5.41, 5.74) is 1.53. The first-order valence-electron chi connectivity index (χ1n) is 5.17. The van der Waals surface area contributed by atoms with E-state index in [1.807, 2.05) is 30.3 Å². The Kier molecular flexibility index (Phi) is 3.70. The number of nitrogens with one attached hydrogen (secondary N) is 2. The van der Waals surface area contributed by atoms with E-state index in [9.17, 15) is 0 Å². The van der Waals surface area contributed by atoms with Gasteiger partial charge in [-0.3, -0.25) is 0 Å². The fraction of sp³-hybridized carbons (Fsp3) is 0. The molecule has 0 atom stereocenters. The van der Waals surface area contributed by atoms with E-state index >= 15 is 0 Å². The summed E-state index contributed by atoms with van der Waals surface area (Å²) in [7, 11) is 0. The van der Waals surface area contributed by atoms with Crippen LogP contribution < -0.4 is 0 Å². The summed E-state index contributed by atoms with van der Waals surface area (Å²) in [5, 5.41) is 16.5. The number of halogens is 1. The molecule has 1 aromatic heterocycles. The summed E-state index contributed by atoms with van der Waals surface area (Å²) in [5.74, 6) is 0.561. The molecular weight excluding hydrogens is 292 g/mol. The van der Waals surface area contributed by atoms with Crippen LogP contribution >= 0.6 is 15.9 Å². The molecular formula is C13H9BrN4. The first-order chi connectivity index (χ1) is 8.69. The maximum Gasteiger partial charge on any atom is 0.158 e. The van der Waals surface area contributed by atoms with Gasteiger partial charge < -0.3 is 10.4 Å². The Bertz CT molecular complexity index is 649. The van der Waals surface area contributed by atoms with Gasteiger partial charge >= 0.3 is 0 Å². The minimum Gasteiger partial charge on any atom is -0.344 e. The summed E-state index contributed by atoms with van der Waals surface area (Å²) in [6, 6.07) is 9.46. The third-order valence-corrected chi connectivity index (χ3v) is 2.75. The van der Waals surface area contributed by atoms with Crippen LogP contribution in [0.3, 0.4) is 0 Å². The summed E-state index contributed by atoms with van der Waals surface area (Å²) >= 11 is 3.36. The molecule has 18 heavy (non-hydrogen) atoms. The molecule has 0 bridgehead atoms. The summed E-state index contributed by atoms with van der Waals surface area (Å²) in [6.45, 7) is 0. The first kappa shape index (κ1) is 12.3. The van der Waals surface area contributed by atoms with Gasteiger partial charge in [0.2, 0.25) is 0 Å². The van der Waals surface area contributed by atoms with Crippen LogP contribution in [-0.2, 0) is 0 Å². The molecule has 1 aromatic carbocycles. The molecule has 2 rings (SSSR count). The summed E-state index contributed by atoms with van der Waals surface area (Å²) in [6.07, 6.45) is 4.84. The van der Waals surface area contributed by atoms with Crippen molar-refractivity contribution in [3.63, 3.8) is 0 Å². The van der Waals surface area contributed by atoms with E-state index in [-0.39, 0.29) is 0 Å². The molecule has 1 heterocycles. The number of allylic oxidation sites excluding steroid dienone is 1. The van der Waals surface area contributed by atoms with E-state index in [2.05, 4.69) is 25.9 Å². The fourth-order valence-electron chi connectivity index (χ4n) is 1.39. The average Bonchev–Trinajstić information content (AvgIpc) is 2.84. The molecule has 0 aliphatic heterocycles. The molecule has 0 fully saturated rings. The molecule has 0 aliphatic carbocycles. The summed E-state index contributed by atoms with van der Waals surface area (Å²) < 4.78 is 0.933. The van der Waals surface area contributed by atoms with Crippen LogP contribution in [0.15, 0.2) is 41.0 Å². The lowest BCUT2D eigenvalue weighted by Crippen LogP contribution is -1.93. The molecule has 4 nitrogen and oxygen atoms in total. The van der Waals surface area contributed by atoms with Crippen LogP contribution in [0.25, 0.3) is 6.08 Å². The van der Waals surface area contributed by atoms with Crippen LogP contribution in [0, 0.1) is 16.7 Å². The van der Waals surface area contributed by atoms with Crippen LogP contribution in [0.5, 0.6) is 0 Å². The van der Waals surface area contributed by atoms with E-state index in [0.29, 0.717) is 17.2 Å². The van der Waals surface area contributed by atoms with Crippen molar-refractivity contribution in [2.45, 2.75) is 0 Å². The van der Waals surface area contributed by atoms with Gasteiger partial charge in [-0.25, -0.2) is 4.98 Å². The van der Waals surface area contributed by atoms with E-state index < -0.39 is 0 Å². The van der Waals surface area contributed by atoms with Gasteiger partial charge in [0.05, 0.1) is 5.71 Å². The van der Waals surface area contributed by atoms with Crippen molar-refractivity contribution in [3.05, 3.63) is 58.1 Å². The van der Waals surface area contributed by atoms with Crippen molar-refractivity contribution in [1.82, 2.24) is 9.97 Å². The molecule has 0 amide bonds. The number of H-pyrrole nitrogens is 1. The number of imidazole rings is 1. The van der Waals surface area contributed by atoms with Crippen molar-refractivity contribution >= 4 is 27.7 Å². The standard InChI is InChI=1S/C13H9BrN4/c14-10-3-1-2-9(6-10)12(16)4-5-13-17-8-11(7-15)18-13/h1-6,8,16H,(H,17,18)/b5-4-,16-12?. The minimum absolute atomic E-state index is 0.337. The Hall–Kier alpha value is -2.19. The molecule has 0 spiro atoms. The van der Waals surface area contributed by atoms with Crippen molar-refractivity contribution < 1.29 is 0 Å². The second-order valence-electron chi connectivity index (χ2n) is 3.54.